The van der Waals surface area contributed by atoms with E-state index < -0.39 is 0 Å². The van der Waals surface area contributed by atoms with E-state index in [1.54, 1.807) is 0 Å². The van der Waals surface area contributed by atoms with Crippen molar-refractivity contribution in [1.82, 2.24) is 5.32 Å². The van der Waals surface area contributed by atoms with Crippen molar-refractivity contribution >= 4 is 5.97 Å². The van der Waals surface area contributed by atoms with E-state index >= 15 is 0 Å². The van der Waals surface area contributed by atoms with Crippen LogP contribution < -0.4 is 5.32 Å². The molecular weight excluding hydrogens is 202 g/mol. The fraction of sp³-hybridized carbons (Fsp3) is 0.462. The predicted octanol–water partition coefficient (Wildman–Crippen LogP) is 1.48. The molecule has 3 heteroatoms. The number of esters is 1. The maximum absolute atomic E-state index is 11.6. The van der Waals surface area contributed by atoms with Gasteiger partial charge in [-0.15, -0.1) is 0 Å². The summed E-state index contributed by atoms with van der Waals surface area (Å²) in [4.78, 5) is 11.6. The van der Waals surface area contributed by atoms with Crippen molar-refractivity contribution in [1.29, 1.82) is 0 Å². The Hall–Kier alpha value is -1.35. The third-order valence-corrected chi connectivity index (χ3v) is 3.23. The quantitative estimate of drug-likeness (QED) is 0.614. The number of ether oxygens (including phenoxy) is 1. The summed E-state index contributed by atoms with van der Waals surface area (Å²) >= 11 is 0. The third-order valence-electron chi connectivity index (χ3n) is 3.23. The Balaban J connectivity index is 1.47. The minimum Gasteiger partial charge on any atom is -0.460 e. The highest BCUT2D eigenvalue weighted by Crippen LogP contribution is 2.39. The third kappa shape index (κ3) is 2.09. The first kappa shape index (κ1) is 9.85. The van der Waals surface area contributed by atoms with Crippen LogP contribution in [0.1, 0.15) is 18.4 Å². The largest absolute Gasteiger partial charge is 0.460 e. The molecule has 1 aromatic rings. The van der Waals surface area contributed by atoms with Gasteiger partial charge in [0.15, 0.2) is 0 Å². The standard InChI is InChI=1S/C13H15NO2/c15-13(12-11(14-12)10-6-7-10)16-8-9-4-2-1-3-5-9/h1-5,10-12,14H,6-8H2/t11-,12-/m1/s1. The molecule has 16 heavy (non-hydrogen) atoms. The first-order valence-corrected chi connectivity index (χ1v) is 5.81. The molecule has 1 saturated carbocycles. The molecule has 1 aliphatic carbocycles. The second-order valence-electron chi connectivity index (χ2n) is 4.60. The van der Waals surface area contributed by atoms with Crippen molar-refractivity contribution in [2.45, 2.75) is 31.5 Å². The van der Waals surface area contributed by atoms with Gasteiger partial charge in [-0.3, -0.25) is 10.1 Å². The highest BCUT2D eigenvalue weighted by Gasteiger charge is 2.51. The zero-order valence-electron chi connectivity index (χ0n) is 9.06. The van der Waals surface area contributed by atoms with Crippen LogP contribution in [0.25, 0.3) is 0 Å². The predicted molar refractivity (Wildman–Crippen MR) is 59.7 cm³/mol. The average molecular weight is 217 g/mol. The Morgan fingerprint density at radius 3 is 2.75 bits per heavy atom. The van der Waals surface area contributed by atoms with Gasteiger partial charge in [0, 0.05) is 6.04 Å². The van der Waals surface area contributed by atoms with E-state index in [0.717, 1.165) is 11.5 Å². The molecule has 84 valence electrons. The molecule has 0 bridgehead atoms. The van der Waals surface area contributed by atoms with Crippen molar-refractivity contribution in [2.24, 2.45) is 5.92 Å². The van der Waals surface area contributed by atoms with E-state index in [1.165, 1.54) is 12.8 Å². The second-order valence-corrected chi connectivity index (χ2v) is 4.60. The van der Waals surface area contributed by atoms with Crippen LogP contribution in [-0.4, -0.2) is 18.1 Å². The lowest BCUT2D eigenvalue weighted by Crippen LogP contribution is -2.15. The molecule has 1 N–H and O–H groups in total. The van der Waals surface area contributed by atoms with E-state index in [4.69, 9.17) is 4.74 Å². The lowest BCUT2D eigenvalue weighted by Gasteiger charge is -2.03. The van der Waals surface area contributed by atoms with E-state index in [9.17, 15) is 4.79 Å². The highest BCUT2D eigenvalue weighted by atomic mass is 16.5. The molecule has 1 aromatic carbocycles. The first-order valence-electron chi connectivity index (χ1n) is 5.81. The van der Waals surface area contributed by atoms with Crippen molar-refractivity contribution in [2.75, 3.05) is 0 Å². The summed E-state index contributed by atoms with van der Waals surface area (Å²) < 4.78 is 5.26. The summed E-state index contributed by atoms with van der Waals surface area (Å²) in [6.45, 7) is 0.384. The van der Waals surface area contributed by atoms with E-state index in [2.05, 4.69) is 5.32 Å². The van der Waals surface area contributed by atoms with Crippen molar-refractivity contribution in [3.05, 3.63) is 35.9 Å². The van der Waals surface area contributed by atoms with Crippen LogP contribution in [0.3, 0.4) is 0 Å². The fourth-order valence-electron chi connectivity index (χ4n) is 2.05. The van der Waals surface area contributed by atoms with E-state index in [0.29, 0.717) is 12.6 Å². The maximum atomic E-state index is 11.6. The van der Waals surface area contributed by atoms with Gasteiger partial charge in [-0.05, 0) is 24.3 Å². The van der Waals surface area contributed by atoms with Crippen LogP contribution in [0.15, 0.2) is 30.3 Å². The summed E-state index contributed by atoms with van der Waals surface area (Å²) in [5.74, 6) is 0.634. The average Bonchev–Trinajstić information content (AvgIpc) is 3.18. The minimum atomic E-state index is -0.0965. The molecule has 1 aliphatic heterocycles. The molecule has 0 spiro atoms. The normalized spacial score (nSPS) is 27.5. The monoisotopic (exact) mass is 217 g/mol. The number of nitrogens with one attached hydrogen (secondary N) is 1. The summed E-state index contributed by atoms with van der Waals surface area (Å²) in [7, 11) is 0. The molecule has 1 saturated heterocycles. The van der Waals surface area contributed by atoms with Gasteiger partial charge in [0.05, 0.1) is 0 Å². The molecule has 0 aromatic heterocycles. The van der Waals surface area contributed by atoms with E-state index in [1.807, 2.05) is 30.3 Å². The Labute approximate surface area is 94.8 Å². The van der Waals surface area contributed by atoms with Crippen LogP contribution in [0.5, 0.6) is 0 Å². The molecule has 0 amide bonds. The van der Waals surface area contributed by atoms with Crippen molar-refractivity contribution in [3.63, 3.8) is 0 Å². The first-order chi connectivity index (χ1) is 7.84. The summed E-state index contributed by atoms with van der Waals surface area (Å²) in [5, 5.41) is 3.19. The zero-order chi connectivity index (χ0) is 11.0. The summed E-state index contributed by atoms with van der Waals surface area (Å²) in [6, 6.07) is 10.2. The smallest absolute Gasteiger partial charge is 0.325 e. The number of benzene rings is 1. The molecule has 2 fully saturated rings. The highest BCUT2D eigenvalue weighted by molar-refractivity contribution is 5.80. The molecule has 0 unspecified atom stereocenters. The zero-order valence-corrected chi connectivity index (χ0v) is 9.06. The number of carbonyl (C=O) groups excluding carboxylic acids is 1. The van der Waals surface area contributed by atoms with Gasteiger partial charge in [-0.2, -0.15) is 0 Å². The van der Waals surface area contributed by atoms with Gasteiger partial charge in [-0.25, -0.2) is 0 Å². The number of hydrogen-bond donors (Lipinski definition) is 1. The molecule has 0 radical (unpaired) electrons. The lowest BCUT2D eigenvalue weighted by atomic mass is 10.2. The van der Waals surface area contributed by atoms with Crippen molar-refractivity contribution < 1.29 is 9.53 Å². The molecule has 1 heterocycles. The number of hydrogen-bond acceptors (Lipinski definition) is 3. The van der Waals surface area contributed by atoms with Gasteiger partial charge >= 0.3 is 5.97 Å². The van der Waals surface area contributed by atoms with Crippen LogP contribution >= 0.6 is 0 Å². The number of rotatable bonds is 4. The van der Waals surface area contributed by atoms with Gasteiger partial charge in [-0.1, -0.05) is 30.3 Å². The summed E-state index contributed by atoms with van der Waals surface area (Å²) in [5.41, 5.74) is 1.04. The topological polar surface area (TPSA) is 48.2 Å². The summed E-state index contributed by atoms with van der Waals surface area (Å²) in [6.07, 6.45) is 2.53. The van der Waals surface area contributed by atoms with Crippen LogP contribution in [0, 0.1) is 5.92 Å². The molecule has 2 aliphatic rings. The van der Waals surface area contributed by atoms with E-state index in [-0.39, 0.29) is 12.0 Å². The molecule has 2 atom stereocenters. The molecule has 3 rings (SSSR count). The SMILES string of the molecule is O=C(OCc1ccccc1)[C@@H]1N[C@@H]1C1CC1. The fourth-order valence-corrected chi connectivity index (χ4v) is 2.05. The van der Waals surface area contributed by atoms with Crippen LogP contribution in [-0.2, 0) is 16.1 Å². The molecular formula is C13H15NO2. The maximum Gasteiger partial charge on any atom is 0.325 e. The second kappa shape index (κ2) is 3.91. The van der Waals surface area contributed by atoms with Gasteiger partial charge in [0.1, 0.15) is 12.6 Å². The van der Waals surface area contributed by atoms with Gasteiger partial charge < -0.3 is 4.74 Å². The lowest BCUT2D eigenvalue weighted by molar-refractivity contribution is -0.144. The Morgan fingerprint density at radius 1 is 1.31 bits per heavy atom. The minimum absolute atomic E-state index is 0.0313. The Morgan fingerprint density at radius 2 is 2.06 bits per heavy atom. The van der Waals surface area contributed by atoms with Crippen molar-refractivity contribution in [3.8, 4) is 0 Å². The Bertz CT molecular complexity index is 386. The molecule has 3 nitrogen and oxygen atoms in total. The van der Waals surface area contributed by atoms with Gasteiger partial charge in [0.2, 0.25) is 0 Å². The van der Waals surface area contributed by atoms with Gasteiger partial charge in [0.25, 0.3) is 0 Å². The Kier molecular flexibility index (Phi) is 2.40. The van der Waals surface area contributed by atoms with Crippen LogP contribution in [0.4, 0.5) is 0 Å². The van der Waals surface area contributed by atoms with Crippen LogP contribution in [0.2, 0.25) is 0 Å². The number of carbonyl (C=O) groups is 1.